The number of aromatic nitrogens is 1. The van der Waals surface area contributed by atoms with Crippen LogP contribution in [0.5, 0.6) is 0 Å². The monoisotopic (exact) mass is 261 g/mol. The average Bonchev–Trinajstić information content (AvgIpc) is 2.39. The van der Waals surface area contributed by atoms with E-state index in [0.717, 1.165) is 28.0 Å². The smallest absolute Gasteiger partial charge is 0.0720 e. The Morgan fingerprint density at radius 3 is 2.67 bits per heavy atom. The molecule has 0 unspecified atom stereocenters. The molecule has 2 aromatic rings. The van der Waals surface area contributed by atoms with Gasteiger partial charge in [0, 0.05) is 11.1 Å². The Morgan fingerprint density at radius 1 is 1.06 bits per heavy atom. The van der Waals surface area contributed by atoms with Crippen molar-refractivity contribution in [3.05, 3.63) is 41.0 Å². The Labute approximate surface area is 114 Å². The first kappa shape index (κ1) is 13.4. The van der Waals surface area contributed by atoms with E-state index in [1.807, 2.05) is 30.3 Å². The zero-order valence-corrected chi connectivity index (χ0v) is 11.7. The van der Waals surface area contributed by atoms with Gasteiger partial charge in [0.25, 0.3) is 0 Å². The summed E-state index contributed by atoms with van der Waals surface area (Å²) in [5.41, 5.74) is 2.13. The molecular weight excluding hydrogens is 242 g/mol. The van der Waals surface area contributed by atoms with E-state index in [0.29, 0.717) is 0 Å². The summed E-state index contributed by atoms with van der Waals surface area (Å²) in [6, 6.07) is 10.1. The van der Waals surface area contributed by atoms with Gasteiger partial charge in [-0.2, -0.15) is 0 Å². The first-order chi connectivity index (χ1) is 8.81. The Bertz CT molecular complexity index is 507. The predicted octanol–water partition coefficient (Wildman–Crippen LogP) is 5.40. The molecule has 0 bridgehead atoms. The molecule has 2 rings (SSSR count). The lowest BCUT2D eigenvalue weighted by Crippen LogP contribution is -1.92. The molecule has 0 N–H and O–H groups in total. The first-order valence-corrected chi connectivity index (χ1v) is 7.23. The molecule has 1 heterocycles. The zero-order valence-electron chi connectivity index (χ0n) is 11.0. The van der Waals surface area contributed by atoms with Gasteiger partial charge in [0.1, 0.15) is 0 Å². The standard InChI is InChI=1S/C16H20ClN/c1-2-3-4-5-6-9-13-12-15(17)14-10-7-8-11-16(14)18-13/h7-8,10-12H,2-6,9H2,1H3. The van der Waals surface area contributed by atoms with Gasteiger partial charge in [-0.3, -0.25) is 4.98 Å². The number of rotatable bonds is 6. The summed E-state index contributed by atoms with van der Waals surface area (Å²) in [5.74, 6) is 0. The molecule has 2 heteroatoms. The summed E-state index contributed by atoms with van der Waals surface area (Å²) in [7, 11) is 0. The van der Waals surface area contributed by atoms with Gasteiger partial charge in [0.05, 0.1) is 10.5 Å². The van der Waals surface area contributed by atoms with E-state index >= 15 is 0 Å². The molecule has 0 saturated carbocycles. The molecule has 0 aliphatic carbocycles. The maximum Gasteiger partial charge on any atom is 0.0720 e. The van der Waals surface area contributed by atoms with Crippen molar-refractivity contribution in [3.63, 3.8) is 0 Å². The Morgan fingerprint density at radius 2 is 1.83 bits per heavy atom. The van der Waals surface area contributed by atoms with Crippen molar-refractivity contribution < 1.29 is 0 Å². The number of hydrogen-bond donors (Lipinski definition) is 0. The molecule has 1 aromatic carbocycles. The number of benzene rings is 1. The summed E-state index contributed by atoms with van der Waals surface area (Å²) in [6.07, 6.45) is 7.50. The molecule has 18 heavy (non-hydrogen) atoms. The van der Waals surface area contributed by atoms with Crippen LogP contribution >= 0.6 is 11.6 Å². The third-order valence-electron chi connectivity index (χ3n) is 3.26. The minimum absolute atomic E-state index is 0.823. The van der Waals surface area contributed by atoms with Crippen LogP contribution < -0.4 is 0 Å². The number of aryl methyl sites for hydroxylation is 1. The molecule has 0 amide bonds. The lowest BCUT2D eigenvalue weighted by Gasteiger charge is -2.05. The van der Waals surface area contributed by atoms with Gasteiger partial charge in [-0.15, -0.1) is 0 Å². The van der Waals surface area contributed by atoms with Crippen LogP contribution in [0, 0.1) is 0 Å². The summed E-state index contributed by atoms with van der Waals surface area (Å²) in [5, 5.41) is 1.87. The molecule has 0 saturated heterocycles. The second kappa shape index (κ2) is 6.75. The highest BCUT2D eigenvalue weighted by atomic mass is 35.5. The van der Waals surface area contributed by atoms with Gasteiger partial charge in [-0.05, 0) is 25.0 Å². The molecule has 0 radical (unpaired) electrons. The van der Waals surface area contributed by atoms with Crippen molar-refractivity contribution >= 4 is 22.5 Å². The van der Waals surface area contributed by atoms with E-state index in [-0.39, 0.29) is 0 Å². The predicted molar refractivity (Wildman–Crippen MR) is 79.2 cm³/mol. The van der Waals surface area contributed by atoms with Gasteiger partial charge in [0.2, 0.25) is 0 Å². The molecule has 0 fully saturated rings. The number of hydrogen-bond acceptors (Lipinski definition) is 1. The topological polar surface area (TPSA) is 12.9 Å². The first-order valence-electron chi connectivity index (χ1n) is 6.85. The Balaban J connectivity index is 2.01. The maximum atomic E-state index is 6.28. The second-order valence-electron chi connectivity index (χ2n) is 4.78. The number of unbranched alkanes of at least 4 members (excludes halogenated alkanes) is 4. The van der Waals surface area contributed by atoms with Crippen LogP contribution in [0.15, 0.2) is 30.3 Å². The third-order valence-corrected chi connectivity index (χ3v) is 3.57. The van der Waals surface area contributed by atoms with E-state index in [2.05, 4.69) is 11.9 Å². The molecule has 0 atom stereocenters. The highest BCUT2D eigenvalue weighted by molar-refractivity contribution is 6.35. The lowest BCUT2D eigenvalue weighted by atomic mass is 10.1. The summed E-state index contributed by atoms with van der Waals surface area (Å²) < 4.78 is 0. The average molecular weight is 262 g/mol. The summed E-state index contributed by atoms with van der Waals surface area (Å²) in [6.45, 7) is 2.24. The minimum Gasteiger partial charge on any atom is -0.253 e. The molecule has 0 aliphatic rings. The van der Waals surface area contributed by atoms with Gasteiger partial charge in [-0.1, -0.05) is 62.4 Å². The number of pyridine rings is 1. The highest BCUT2D eigenvalue weighted by Crippen LogP contribution is 2.23. The van der Waals surface area contributed by atoms with Crippen molar-refractivity contribution in [3.8, 4) is 0 Å². The van der Waals surface area contributed by atoms with Crippen LogP contribution in [0.4, 0.5) is 0 Å². The Kier molecular flexibility index (Phi) is 5.00. The molecule has 1 nitrogen and oxygen atoms in total. The van der Waals surface area contributed by atoms with Crippen LogP contribution in [0.1, 0.15) is 44.7 Å². The molecule has 0 aliphatic heterocycles. The zero-order chi connectivity index (χ0) is 12.8. The number of fused-ring (bicyclic) bond motifs is 1. The fourth-order valence-corrected chi connectivity index (χ4v) is 2.51. The SMILES string of the molecule is CCCCCCCc1cc(Cl)c2ccccc2n1. The molecule has 96 valence electrons. The van der Waals surface area contributed by atoms with Crippen LogP contribution in [0.3, 0.4) is 0 Å². The van der Waals surface area contributed by atoms with Crippen LogP contribution in [-0.4, -0.2) is 4.98 Å². The highest BCUT2D eigenvalue weighted by Gasteiger charge is 2.03. The molecule has 0 spiro atoms. The van der Waals surface area contributed by atoms with Gasteiger partial charge in [0.15, 0.2) is 0 Å². The van der Waals surface area contributed by atoms with E-state index in [4.69, 9.17) is 11.6 Å². The third kappa shape index (κ3) is 3.46. The van der Waals surface area contributed by atoms with Crippen LogP contribution in [0.2, 0.25) is 5.02 Å². The van der Waals surface area contributed by atoms with Crippen molar-refractivity contribution in [1.82, 2.24) is 4.98 Å². The van der Waals surface area contributed by atoms with Crippen LogP contribution in [-0.2, 0) is 6.42 Å². The summed E-state index contributed by atoms with van der Waals surface area (Å²) >= 11 is 6.28. The number of nitrogens with zero attached hydrogens (tertiary/aromatic N) is 1. The van der Waals surface area contributed by atoms with Gasteiger partial charge in [-0.25, -0.2) is 0 Å². The van der Waals surface area contributed by atoms with Crippen molar-refractivity contribution in [2.45, 2.75) is 45.4 Å². The van der Waals surface area contributed by atoms with Crippen molar-refractivity contribution in [2.24, 2.45) is 0 Å². The largest absolute Gasteiger partial charge is 0.253 e. The van der Waals surface area contributed by atoms with Crippen LogP contribution in [0.25, 0.3) is 10.9 Å². The lowest BCUT2D eigenvalue weighted by molar-refractivity contribution is 0.629. The van der Waals surface area contributed by atoms with E-state index in [1.54, 1.807) is 0 Å². The van der Waals surface area contributed by atoms with E-state index in [1.165, 1.54) is 32.1 Å². The van der Waals surface area contributed by atoms with Gasteiger partial charge < -0.3 is 0 Å². The quantitative estimate of drug-likeness (QED) is 0.635. The fraction of sp³-hybridized carbons (Fsp3) is 0.438. The van der Waals surface area contributed by atoms with Crippen molar-refractivity contribution in [2.75, 3.05) is 0 Å². The van der Waals surface area contributed by atoms with E-state index < -0.39 is 0 Å². The Hall–Kier alpha value is -1.08. The maximum absolute atomic E-state index is 6.28. The number of halogens is 1. The normalized spacial score (nSPS) is 11.0. The number of para-hydroxylation sites is 1. The second-order valence-corrected chi connectivity index (χ2v) is 5.18. The molecule has 1 aromatic heterocycles. The van der Waals surface area contributed by atoms with Gasteiger partial charge >= 0.3 is 0 Å². The molecular formula is C16H20ClN. The fourth-order valence-electron chi connectivity index (χ4n) is 2.22. The minimum atomic E-state index is 0.823. The van der Waals surface area contributed by atoms with E-state index in [9.17, 15) is 0 Å². The van der Waals surface area contributed by atoms with Crippen molar-refractivity contribution in [1.29, 1.82) is 0 Å². The summed E-state index contributed by atoms with van der Waals surface area (Å²) in [4.78, 5) is 4.67.